The first kappa shape index (κ1) is 22.2. The van der Waals surface area contributed by atoms with Gasteiger partial charge in [-0.05, 0) is 78.5 Å². The maximum atomic E-state index is 14.9. The molecule has 0 atom stereocenters. The molecule has 1 saturated carbocycles. The van der Waals surface area contributed by atoms with Crippen LogP contribution in [-0.4, -0.2) is 48.4 Å². The van der Waals surface area contributed by atoms with Crippen molar-refractivity contribution in [3.05, 3.63) is 65.6 Å². The van der Waals surface area contributed by atoms with Crippen molar-refractivity contribution in [2.45, 2.75) is 38.2 Å². The summed E-state index contributed by atoms with van der Waals surface area (Å²) in [7, 11) is 0. The molecule has 1 aliphatic carbocycles. The van der Waals surface area contributed by atoms with Crippen LogP contribution < -0.4 is 10.5 Å². The lowest BCUT2D eigenvalue weighted by Gasteiger charge is -2.32. The minimum absolute atomic E-state index is 0.198. The van der Waals surface area contributed by atoms with Gasteiger partial charge in [0.1, 0.15) is 17.7 Å². The summed E-state index contributed by atoms with van der Waals surface area (Å²) >= 11 is 0. The van der Waals surface area contributed by atoms with Gasteiger partial charge in [-0.3, -0.25) is 4.99 Å². The number of pyridine rings is 1. The summed E-state index contributed by atoms with van der Waals surface area (Å²) in [6.07, 6.45) is 7.95. The fraction of sp³-hybridized carbons (Fsp3) is 0.379. The van der Waals surface area contributed by atoms with Gasteiger partial charge in [-0.2, -0.15) is 4.39 Å². The van der Waals surface area contributed by atoms with Crippen molar-refractivity contribution in [3.8, 4) is 28.0 Å². The number of anilines is 1. The molecule has 2 aliphatic heterocycles. The molecule has 3 aromatic rings. The Morgan fingerprint density at radius 3 is 2.49 bits per heavy atom. The van der Waals surface area contributed by atoms with Gasteiger partial charge in [0, 0.05) is 43.5 Å². The molecule has 2 fully saturated rings. The number of aliphatic imine (C=N–C) groups is 1. The summed E-state index contributed by atoms with van der Waals surface area (Å²) in [6.45, 7) is 4.26. The van der Waals surface area contributed by atoms with Gasteiger partial charge in [0.25, 0.3) is 0 Å². The summed E-state index contributed by atoms with van der Waals surface area (Å²) in [6, 6.07) is 15.6. The van der Waals surface area contributed by atoms with Crippen molar-refractivity contribution in [1.29, 1.82) is 0 Å². The number of benzene rings is 2. The fourth-order valence-electron chi connectivity index (χ4n) is 5.18. The topological polar surface area (TPSA) is 63.7 Å². The third kappa shape index (κ3) is 4.94. The molecule has 6 rings (SSSR count). The van der Waals surface area contributed by atoms with E-state index in [1.807, 2.05) is 48.7 Å². The predicted molar refractivity (Wildman–Crippen MR) is 138 cm³/mol. The molecule has 0 unspecified atom stereocenters. The highest BCUT2D eigenvalue weighted by Crippen LogP contribution is 2.34. The Balaban J connectivity index is 1.18. The van der Waals surface area contributed by atoms with Gasteiger partial charge in [-0.25, -0.2) is 4.98 Å². The number of nitrogens with zero attached hydrogens (tertiary/aromatic N) is 3. The third-order valence-electron chi connectivity index (χ3n) is 7.42. The van der Waals surface area contributed by atoms with E-state index in [2.05, 4.69) is 20.9 Å². The van der Waals surface area contributed by atoms with Gasteiger partial charge >= 0.3 is 0 Å². The maximum Gasteiger partial charge on any atom is 0.222 e. The molecule has 0 amide bonds. The zero-order valence-electron chi connectivity index (χ0n) is 19.9. The number of nitrogens with two attached hydrogens (primary N) is 1. The van der Waals surface area contributed by atoms with E-state index < -0.39 is 5.95 Å². The fourth-order valence-corrected chi connectivity index (χ4v) is 5.18. The highest BCUT2D eigenvalue weighted by atomic mass is 19.1. The lowest BCUT2D eigenvalue weighted by atomic mass is 9.95. The smallest absolute Gasteiger partial charge is 0.222 e. The van der Waals surface area contributed by atoms with Crippen LogP contribution in [0.3, 0.4) is 0 Å². The molecule has 3 aliphatic rings. The van der Waals surface area contributed by atoms with Crippen LogP contribution in [-0.2, 0) is 6.42 Å². The lowest BCUT2D eigenvalue weighted by molar-refractivity contribution is 0.0980. The van der Waals surface area contributed by atoms with Crippen molar-refractivity contribution < 1.29 is 9.13 Å². The standard InChI is InChI=1S/C29H31FN4O/c30-28-26(16-27(29(31)33-28)22-3-4-23-17-32-12-9-21(23)15-22)20-5-7-24(8-6-20)35-25-10-13-34(14-11-25)18-19-1-2-19/h3-8,15-17,19,25H,1-2,9-14,18H2,(H2,31,33). The van der Waals surface area contributed by atoms with Crippen LogP contribution in [0.2, 0.25) is 0 Å². The van der Waals surface area contributed by atoms with Crippen molar-refractivity contribution in [2.24, 2.45) is 10.9 Å². The van der Waals surface area contributed by atoms with Gasteiger partial charge in [-0.15, -0.1) is 0 Å². The monoisotopic (exact) mass is 470 g/mol. The number of aromatic nitrogens is 1. The number of hydrogen-bond acceptors (Lipinski definition) is 5. The number of nitrogen functional groups attached to an aromatic ring is 1. The van der Waals surface area contributed by atoms with Crippen LogP contribution in [0.15, 0.2) is 53.5 Å². The van der Waals surface area contributed by atoms with E-state index in [0.29, 0.717) is 5.56 Å². The molecule has 6 heteroatoms. The first-order valence-corrected chi connectivity index (χ1v) is 12.7. The van der Waals surface area contributed by atoms with Gasteiger partial charge in [0.05, 0.1) is 0 Å². The average Bonchev–Trinajstić information content (AvgIpc) is 3.70. The Morgan fingerprint density at radius 1 is 0.943 bits per heavy atom. The first-order valence-electron chi connectivity index (χ1n) is 12.7. The Labute approximate surface area is 205 Å². The lowest BCUT2D eigenvalue weighted by Crippen LogP contribution is -2.39. The second kappa shape index (κ2) is 9.42. The van der Waals surface area contributed by atoms with Gasteiger partial charge in [0.15, 0.2) is 0 Å². The van der Waals surface area contributed by atoms with Crippen molar-refractivity contribution in [1.82, 2.24) is 9.88 Å². The molecule has 0 spiro atoms. The molecule has 3 heterocycles. The maximum absolute atomic E-state index is 14.9. The molecule has 0 bridgehead atoms. The predicted octanol–water partition coefficient (Wildman–Crippen LogP) is 5.37. The number of likely N-dealkylation sites (tertiary alicyclic amines) is 1. The van der Waals surface area contributed by atoms with Crippen LogP contribution in [0.5, 0.6) is 5.75 Å². The third-order valence-corrected chi connectivity index (χ3v) is 7.42. The Bertz CT molecular complexity index is 1240. The highest BCUT2D eigenvalue weighted by Gasteiger charge is 2.27. The van der Waals surface area contributed by atoms with Crippen molar-refractivity contribution in [3.63, 3.8) is 0 Å². The molecule has 5 nitrogen and oxygen atoms in total. The van der Waals surface area contributed by atoms with E-state index >= 15 is 0 Å². The van der Waals surface area contributed by atoms with Crippen molar-refractivity contribution >= 4 is 12.0 Å². The van der Waals surface area contributed by atoms with Gasteiger partial charge in [-0.1, -0.05) is 30.3 Å². The second-order valence-corrected chi connectivity index (χ2v) is 10.0. The van der Waals surface area contributed by atoms with Crippen LogP contribution in [0.4, 0.5) is 10.2 Å². The molecular weight excluding hydrogens is 439 g/mol. The van der Waals surface area contributed by atoms with E-state index in [4.69, 9.17) is 10.5 Å². The number of hydrogen-bond donors (Lipinski definition) is 1. The molecule has 35 heavy (non-hydrogen) atoms. The largest absolute Gasteiger partial charge is 0.490 e. The molecule has 2 N–H and O–H groups in total. The number of fused-ring (bicyclic) bond motifs is 1. The van der Waals surface area contributed by atoms with E-state index in [1.54, 1.807) is 0 Å². The van der Waals surface area contributed by atoms with E-state index in [9.17, 15) is 4.39 Å². The minimum Gasteiger partial charge on any atom is -0.490 e. The van der Waals surface area contributed by atoms with E-state index in [-0.39, 0.29) is 11.9 Å². The normalized spacial score (nSPS) is 18.4. The highest BCUT2D eigenvalue weighted by molar-refractivity contribution is 5.86. The van der Waals surface area contributed by atoms with Gasteiger partial charge < -0.3 is 15.4 Å². The van der Waals surface area contributed by atoms with Gasteiger partial charge in [0.2, 0.25) is 5.95 Å². The number of piperidine rings is 1. The Kier molecular flexibility index (Phi) is 5.98. The van der Waals surface area contributed by atoms with Crippen LogP contribution >= 0.6 is 0 Å². The summed E-state index contributed by atoms with van der Waals surface area (Å²) in [5.41, 5.74) is 11.4. The Morgan fingerprint density at radius 2 is 1.71 bits per heavy atom. The number of rotatable bonds is 6. The van der Waals surface area contributed by atoms with Crippen LogP contribution in [0, 0.1) is 11.9 Å². The van der Waals surface area contributed by atoms with Crippen LogP contribution in [0.25, 0.3) is 22.3 Å². The zero-order chi connectivity index (χ0) is 23.8. The number of halogens is 1. The summed E-state index contributed by atoms with van der Waals surface area (Å²) in [4.78, 5) is 10.9. The summed E-state index contributed by atoms with van der Waals surface area (Å²) in [5, 5.41) is 0. The molecule has 1 saturated heterocycles. The van der Waals surface area contributed by atoms with Crippen molar-refractivity contribution in [2.75, 3.05) is 31.9 Å². The Hall–Kier alpha value is -3.25. The summed E-state index contributed by atoms with van der Waals surface area (Å²) in [5.74, 6) is 1.40. The first-order chi connectivity index (χ1) is 17.1. The molecule has 0 radical (unpaired) electrons. The van der Waals surface area contributed by atoms with E-state index in [1.165, 1.54) is 24.9 Å². The molecule has 180 valence electrons. The summed E-state index contributed by atoms with van der Waals surface area (Å²) < 4.78 is 21.1. The minimum atomic E-state index is -0.562. The number of ether oxygens (including phenoxy) is 1. The molecule has 2 aromatic carbocycles. The second-order valence-electron chi connectivity index (χ2n) is 10.0. The average molecular weight is 471 g/mol. The van der Waals surface area contributed by atoms with E-state index in [0.717, 1.165) is 72.8 Å². The SMILES string of the molecule is Nc1nc(F)c(-c2ccc(OC3CCN(CC4CC4)CC3)cc2)cc1-c1ccc2c(c1)CCN=C2. The van der Waals surface area contributed by atoms with Crippen LogP contribution in [0.1, 0.15) is 36.8 Å². The molecular formula is C29H31FN4O. The zero-order valence-corrected chi connectivity index (χ0v) is 19.9. The molecule has 1 aromatic heterocycles. The quantitative estimate of drug-likeness (QED) is 0.492.